The molecule has 1 saturated heterocycles. The number of benzene rings is 1. The van der Waals surface area contributed by atoms with Crippen molar-refractivity contribution < 1.29 is 9.53 Å². The minimum absolute atomic E-state index is 0.0209. The van der Waals surface area contributed by atoms with Crippen LogP contribution in [0.25, 0.3) is 0 Å². The second-order valence-corrected chi connectivity index (χ2v) is 6.06. The molecule has 1 aliphatic rings. The Morgan fingerprint density at radius 2 is 2.06 bits per heavy atom. The first-order valence-electron chi connectivity index (χ1n) is 5.23. The summed E-state index contributed by atoms with van der Waals surface area (Å²) in [6.07, 6.45) is 0. The van der Waals surface area contributed by atoms with Crippen molar-refractivity contribution in [1.82, 2.24) is 0 Å². The standard InChI is InChI=1S/C12H14O2S2/c1-9-2-4-10(5-3-9)12(13)14-11-8-15-6-7-16-11/h2-5,11H,6-8H2,1H3. The average Bonchev–Trinajstić information content (AvgIpc) is 2.31. The second kappa shape index (κ2) is 5.64. The molecular weight excluding hydrogens is 240 g/mol. The van der Waals surface area contributed by atoms with E-state index in [9.17, 15) is 4.79 Å². The molecule has 0 saturated carbocycles. The van der Waals surface area contributed by atoms with Gasteiger partial charge in [-0.3, -0.25) is 0 Å². The van der Waals surface area contributed by atoms with Crippen LogP contribution in [-0.4, -0.2) is 28.7 Å². The van der Waals surface area contributed by atoms with E-state index in [0.717, 1.165) is 22.8 Å². The van der Waals surface area contributed by atoms with Crippen molar-refractivity contribution in [2.45, 2.75) is 12.4 Å². The third-order valence-corrected chi connectivity index (χ3v) is 4.89. The maximum atomic E-state index is 11.8. The maximum absolute atomic E-state index is 11.8. The molecule has 1 atom stereocenters. The van der Waals surface area contributed by atoms with E-state index in [0.29, 0.717) is 5.56 Å². The molecule has 1 fully saturated rings. The summed E-state index contributed by atoms with van der Waals surface area (Å²) < 4.78 is 5.42. The minimum atomic E-state index is -0.208. The Bertz CT molecular complexity index is 356. The van der Waals surface area contributed by atoms with Crippen molar-refractivity contribution >= 4 is 29.5 Å². The lowest BCUT2D eigenvalue weighted by Gasteiger charge is -2.20. The average molecular weight is 254 g/mol. The van der Waals surface area contributed by atoms with E-state index in [4.69, 9.17) is 4.74 Å². The van der Waals surface area contributed by atoms with Crippen LogP contribution in [-0.2, 0) is 4.74 Å². The van der Waals surface area contributed by atoms with Crippen LogP contribution in [0, 0.1) is 6.92 Å². The molecule has 16 heavy (non-hydrogen) atoms. The molecule has 0 aliphatic carbocycles. The molecule has 1 aliphatic heterocycles. The van der Waals surface area contributed by atoms with Gasteiger partial charge in [0, 0.05) is 17.3 Å². The van der Waals surface area contributed by atoms with Crippen LogP contribution >= 0.6 is 23.5 Å². The van der Waals surface area contributed by atoms with Crippen molar-refractivity contribution in [2.75, 3.05) is 17.3 Å². The summed E-state index contributed by atoms with van der Waals surface area (Å²) >= 11 is 3.57. The van der Waals surface area contributed by atoms with Gasteiger partial charge < -0.3 is 4.74 Å². The number of aryl methyl sites for hydroxylation is 1. The largest absolute Gasteiger partial charge is 0.447 e. The van der Waals surface area contributed by atoms with Crippen LogP contribution in [0.5, 0.6) is 0 Å². The molecule has 0 N–H and O–H groups in total. The zero-order valence-electron chi connectivity index (χ0n) is 9.14. The van der Waals surface area contributed by atoms with E-state index in [1.54, 1.807) is 11.8 Å². The highest BCUT2D eigenvalue weighted by Crippen LogP contribution is 2.25. The van der Waals surface area contributed by atoms with E-state index in [2.05, 4.69) is 0 Å². The van der Waals surface area contributed by atoms with Crippen molar-refractivity contribution in [3.05, 3.63) is 35.4 Å². The van der Waals surface area contributed by atoms with Gasteiger partial charge in [0.1, 0.15) is 0 Å². The van der Waals surface area contributed by atoms with Gasteiger partial charge >= 0.3 is 5.97 Å². The Hall–Kier alpha value is -0.610. The number of carbonyl (C=O) groups excluding carboxylic acids is 1. The summed E-state index contributed by atoms with van der Waals surface area (Å²) in [5, 5.41) is 0. The van der Waals surface area contributed by atoms with Gasteiger partial charge in [-0.25, -0.2) is 4.79 Å². The van der Waals surface area contributed by atoms with Crippen LogP contribution in [0.4, 0.5) is 0 Å². The molecule has 0 radical (unpaired) electrons. The smallest absolute Gasteiger partial charge is 0.339 e. The molecule has 1 aromatic carbocycles. The summed E-state index contributed by atoms with van der Waals surface area (Å²) in [5.41, 5.74) is 1.81. The van der Waals surface area contributed by atoms with Crippen LogP contribution in [0.2, 0.25) is 0 Å². The summed E-state index contributed by atoms with van der Waals surface area (Å²) in [5.74, 6) is 2.92. The molecule has 1 unspecified atom stereocenters. The van der Waals surface area contributed by atoms with Crippen LogP contribution in [0.15, 0.2) is 24.3 Å². The third kappa shape index (κ3) is 3.19. The Morgan fingerprint density at radius 1 is 1.31 bits per heavy atom. The Kier molecular flexibility index (Phi) is 4.18. The molecule has 1 aromatic rings. The predicted molar refractivity (Wildman–Crippen MR) is 70.2 cm³/mol. The topological polar surface area (TPSA) is 26.3 Å². The maximum Gasteiger partial charge on any atom is 0.339 e. The van der Waals surface area contributed by atoms with E-state index in [1.165, 1.54) is 0 Å². The Balaban J connectivity index is 1.94. The molecule has 4 heteroatoms. The lowest BCUT2D eigenvalue weighted by molar-refractivity contribution is 0.0486. The third-order valence-electron chi connectivity index (χ3n) is 2.31. The van der Waals surface area contributed by atoms with Crippen LogP contribution in [0.3, 0.4) is 0 Å². The molecule has 2 nitrogen and oxygen atoms in total. The van der Waals surface area contributed by atoms with Gasteiger partial charge in [-0.2, -0.15) is 11.8 Å². The van der Waals surface area contributed by atoms with Gasteiger partial charge in [0.25, 0.3) is 0 Å². The van der Waals surface area contributed by atoms with Crippen molar-refractivity contribution in [3.63, 3.8) is 0 Å². The molecule has 0 spiro atoms. The first-order valence-corrected chi connectivity index (χ1v) is 7.43. The summed E-state index contributed by atoms with van der Waals surface area (Å²) in [6, 6.07) is 7.50. The van der Waals surface area contributed by atoms with Gasteiger partial charge in [-0.15, -0.1) is 11.8 Å². The van der Waals surface area contributed by atoms with Crippen molar-refractivity contribution in [3.8, 4) is 0 Å². The van der Waals surface area contributed by atoms with Gasteiger partial charge in [0.15, 0.2) is 5.44 Å². The van der Waals surface area contributed by atoms with Gasteiger partial charge in [0.2, 0.25) is 0 Å². The van der Waals surface area contributed by atoms with Gasteiger partial charge in [-0.05, 0) is 19.1 Å². The minimum Gasteiger partial charge on any atom is -0.447 e. The SMILES string of the molecule is Cc1ccc(C(=O)OC2CSCCS2)cc1. The molecule has 0 aromatic heterocycles. The monoisotopic (exact) mass is 254 g/mol. The number of hydrogen-bond acceptors (Lipinski definition) is 4. The molecule has 86 valence electrons. The predicted octanol–water partition coefficient (Wildman–Crippen LogP) is 2.96. The highest BCUT2D eigenvalue weighted by molar-refractivity contribution is 8.06. The van der Waals surface area contributed by atoms with Crippen molar-refractivity contribution in [1.29, 1.82) is 0 Å². The highest BCUT2D eigenvalue weighted by Gasteiger charge is 2.19. The highest BCUT2D eigenvalue weighted by atomic mass is 32.2. The van der Waals surface area contributed by atoms with E-state index >= 15 is 0 Å². The molecule has 0 bridgehead atoms. The first kappa shape index (κ1) is 11.9. The van der Waals surface area contributed by atoms with E-state index in [-0.39, 0.29) is 11.4 Å². The summed E-state index contributed by atoms with van der Waals surface area (Å²) in [6.45, 7) is 2.00. The Morgan fingerprint density at radius 3 is 2.69 bits per heavy atom. The first-order chi connectivity index (χ1) is 7.75. The summed E-state index contributed by atoms with van der Waals surface area (Å²) in [7, 11) is 0. The van der Waals surface area contributed by atoms with Crippen LogP contribution in [0.1, 0.15) is 15.9 Å². The number of hydrogen-bond donors (Lipinski definition) is 0. The number of ether oxygens (including phenoxy) is 1. The summed E-state index contributed by atoms with van der Waals surface area (Å²) in [4.78, 5) is 11.8. The molecule has 2 rings (SSSR count). The van der Waals surface area contributed by atoms with E-state index in [1.807, 2.05) is 43.0 Å². The number of carbonyl (C=O) groups is 1. The second-order valence-electron chi connectivity index (χ2n) is 3.65. The fourth-order valence-electron chi connectivity index (χ4n) is 1.41. The quantitative estimate of drug-likeness (QED) is 0.758. The van der Waals surface area contributed by atoms with Gasteiger partial charge in [-0.1, -0.05) is 17.7 Å². The molecule has 1 heterocycles. The van der Waals surface area contributed by atoms with Crippen molar-refractivity contribution in [2.24, 2.45) is 0 Å². The van der Waals surface area contributed by atoms with Gasteiger partial charge in [0.05, 0.1) is 5.56 Å². The lowest BCUT2D eigenvalue weighted by atomic mass is 10.1. The number of rotatable bonds is 2. The fourth-order valence-corrected chi connectivity index (χ4v) is 3.79. The fraction of sp³-hybridized carbons (Fsp3) is 0.417. The Labute approximate surface area is 104 Å². The zero-order valence-corrected chi connectivity index (χ0v) is 10.8. The molecule has 0 amide bonds. The number of esters is 1. The lowest BCUT2D eigenvalue weighted by Crippen LogP contribution is -2.21. The van der Waals surface area contributed by atoms with E-state index < -0.39 is 0 Å². The molecular formula is C12H14O2S2. The number of thioether (sulfide) groups is 2. The zero-order chi connectivity index (χ0) is 11.4. The van der Waals surface area contributed by atoms with Crippen LogP contribution < -0.4 is 0 Å². The normalized spacial score (nSPS) is 20.4.